The Bertz CT molecular complexity index is 665. The predicted octanol–water partition coefficient (Wildman–Crippen LogP) is 2.66. The summed E-state index contributed by atoms with van der Waals surface area (Å²) < 4.78 is 79.2. The van der Waals surface area contributed by atoms with Crippen molar-refractivity contribution in [2.24, 2.45) is 5.92 Å². The molecule has 1 N–H and O–H groups in total. The van der Waals surface area contributed by atoms with Crippen molar-refractivity contribution in [1.82, 2.24) is 0 Å². The minimum atomic E-state index is -4.44. The molecule has 1 heterocycles. The number of sulfone groups is 1. The molecule has 0 amide bonds. The van der Waals surface area contributed by atoms with Crippen LogP contribution in [-0.4, -0.2) is 38.7 Å². The lowest BCUT2D eigenvalue weighted by molar-refractivity contribution is -0.176. The van der Waals surface area contributed by atoms with Gasteiger partial charge in [-0.2, -0.15) is 13.2 Å². The number of aliphatic hydroxyl groups is 1. The molecule has 1 aromatic rings. The lowest BCUT2D eigenvalue weighted by Gasteiger charge is -2.15. The standard InChI is InChI=1S/C12H14F4O4S2/c1-5(12(14,15)16)4-20-10-6-3-7(13)9(17)8(6)11(21-10)22(2,18)19/h5,7,9,17H,3-4H2,1-2H3/t5?,7-,9-/m1/s1. The summed E-state index contributed by atoms with van der Waals surface area (Å²) in [6, 6.07) is 0. The first-order valence-electron chi connectivity index (χ1n) is 6.30. The van der Waals surface area contributed by atoms with Gasteiger partial charge in [-0.3, -0.25) is 0 Å². The second-order valence-electron chi connectivity index (χ2n) is 5.26. The maximum absolute atomic E-state index is 13.6. The maximum atomic E-state index is 13.6. The molecule has 3 atom stereocenters. The highest BCUT2D eigenvalue weighted by atomic mass is 32.2. The molecule has 0 radical (unpaired) electrons. The average molecular weight is 362 g/mol. The predicted molar refractivity (Wildman–Crippen MR) is 71.7 cm³/mol. The van der Waals surface area contributed by atoms with Crippen LogP contribution in [0.25, 0.3) is 0 Å². The van der Waals surface area contributed by atoms with Crippen molar-refractivity contribution in [2.45, 2.75) is 36.0 Å². The van der Waals surface area contributed by atoms with Gasteiger partial charge in [-0.1, -0.05) is 18.3 Å². The summed E-state index contributed by atoms with van der Waals surface area (Å²) in [5.41, 5.74) is 0.0504. The molecule has 0 saturated carbocycles. The number of ether oxygens (including phenoxy) is 1. The Morgan fingerprint density at radius 1 is 1.45 bits per heavy atom. The van der Waals surface area contributed by atoms with Gasteiger partial charge in [0, 0.05) is 23.8 Å². The molecule has 0 saturated heterocycles. The minimum Gasteiger partial charge on any atom is -0.483 e. The van der Waals surface area contributed by atoms with Crippen LogP contribution >= 0.6 is 11.3 Å². The Hall–Kier alpha value is -0.870. The summed E-state index contributed by atoms with van der Waals surface area (Å²) in [5.74, 6) is -1.75. The van der Waals surface area contributed by atoms with Crippen molar-refractivity contribution in [3.8, 4) is 5.06 Å². The molecule has 22 heavy (non-hydrogen) atoms. The third kappa shape index (κ3) is 3.23. The van der Waals surface area contributed by atoms with Crippen LogP contribution in [0.4, 0.5) is 17.6 Å². The number of hydrogen-bond acceptors (Lipinski definition) is 5. The smallest absolute Gasteiger partial charge is 0.394 e. The van der Waals surface area contributed by atoms with E-state index in [9.17, 15) is 31.1 Å². The highest BCUT2D eigenvalue weighted by Gasteiger charge is 2.41. The molecule has 126 valence electrons. The van der Waals surface area contributed by atoms with E-state index in [1.165, 1.54) is 0 Å². The van der Waals surface area contributed by atoms with E-state index < -0.39 is 40.8 Å². The van der Waals surface area contributed by atoms with Crippen molar-refractivity contribution < 1.29 is 35.8 Å². The molecule has 0 aromatic carbocycles. The van der Waals surface area contributed by atoms with E-state index in [-0.39, 0.29) is 26.8 Å². The van der Waals surface area contributed by atoms with Crippen LogP contribution in [0.15, 0.2) is 4.21 Å². The SMILES string of the molecule is CC(COc1sc(S(C)(=O)=O)c2c1C[C@@H](F)[C@H]2O)C(F)(F)F. The van der Waals surface area contributed by atoms with E-state index in [4.69, 9.17) is 4.74 Å². The summed E-state index contributed by atoms with van der Waals surface area (Å²) in [6.45, 7) is 0.227. The summed E-state index contributed by atoms with van der Waals surface area (Å²) in [5, 5.41) is 9.67. The van der Waals surface area contributed by atoms with Crippen molar-refractivity contribution in [3.05, 3.63) is 11.1 Å². The normalized spacial score (nSPS) is 23.4. The van der Waals surface area contributed by atoms with E-state index >= 15 is 0 Å². The molecule has 1 aliphatic carbocycles. The lowest BCUT2D eigenvalue weighted by atomic mass is 10.2. The van der Waals surface area contributed by atoms with E-state index in [0.717, 1.165) is 13.2 Å². The minimum absolute atomic E-state index is 0.0780. The average Bonchev–Trinajstić information content (AvgIpc) is 2.84. The fraction of sp³-hybridized carbons (Fsp3) is 0.667. The molecule has 0 fully saturated rings. The van der Waals surface area contributed by atoms with Gasteiger partial charge in [-0.15, -0.1) is 0 Å². The fourth-order valence-corrected chi connectivity index (χ4v) is 4.54. The van der Waals surface area contributed by atoms with Crippen molar-refractivity contribution in [3.63, 3.8) is 0 Å². The van der Waals surface area contributed by atoms with Gasteiger partial charge in [0.15, 0.2) is 14.9 Å². The summed E-state index contributed by atoms with van der Waals surface area (Å²) in [4.78, 5) is 0. The Labute approximate surface area is 128 Å². The van der Waals surface area contributed by atoms with Gasteiger partial charge in [-0.25, -0.2) is 12.8 Å². The molecule has 0 spiro atoms. The molecule has 10 heteroatoms. The Morgan fingerprint density at radius 3 is 2.55 bits per heavy atom. The van der Waals surface area contributed by atoms with Crippen molar-refractivity contribution in [1.29, 1.82) is 0 Å². The lowest BCUT2D eigenvalue weighted by Crippen LogP contribution is -2.25. The highest BCUT2D eigenvalue weighted by molar-refractivity contribution is 7.92. The van der Waals surface area contributed by atoms with Gasteiger partial charge >= 0.3 is 6.18 Å². The van der Waals surface area contributed by atoms with Crippen LogP contribution in [0.2, 0.25) is 0 Å². The van der Waals surface area contributed by atoms with Crippen LogP contribution in [0, 0.1) is 5.92 Å². The summed E-state index contributed by atoms with van der Waals surface area (Å²) >= 11 is 0.623. The zero-order valence-corrected chi connectivity index (χ0v) is 13.3. The van der Waals surface area contributed by atoms with Crippen molar-refractivity contribution >= 4 is 21.2 Å². The number of rotatable bonds is 4. The number of fused-ring (bicyclic) bond motifs is 1. The van der Waals surface area contributed by atoms with Crippen LogP contribution in [0.3, 0.4) is 0 Å². The summed E-state index contributed by atoms with van der Waals surface area (Å²) in [6.07, 6.45) is -7.13. The number of thiophene rings is 1. The summed E-state index contributed by atoms with van der Waals surface area (Å²) in [7, 11) is -3.74. The topological polar surface area (TPSA) is 63.6 Å². The number of aliphatic hydroxyl groups excluding tert-OH is 1. The molecule has 0 bridgehead atoms. The second-order valence-corrected chi connectivity index (χ2v) is 8.45. The van der Waals surface area contributed by atoms with Gasteiger partial charge in [0.1, 0.15) is 23.1 Å². The van der Waals surface area contributed by atoms with Crippen LogP contribution < -0.4 is 4.74 Å². The molecule has 1 aliphatic rings. The van der Waals surface area contributed by atoms with Crippen molar-refractivity contribution in [2.75, 3.05) is 12.9 Å². The van der Waals surface area contributed by atoms with E-state index in [1.807, 2.05) is 0 Å². The Balaban J connectivity index is 2.33. The Kier molecular flexibility index (Phi) is 4.48. The van der Waals surface area contributed by atoms with Gasteiger partial charge in [-0.05, 0) is 0 Å². The monoisotopic (exact) mass is 362 g/mol. The number of halogens is 4. The second kappa shape index (κ2) is 5.64. The number of hydrogen-bond donors (Lipinski definition) is 1. The Morgan fingerprint density at radius 2 is 2.05 bits per heavy atom. The van der Waals surface area contributed by atoms with Gasteiger partial charge in [0.05, 0.1) is 5.92 Å². The zero-order valence-electron chi connectivity index (χ0n) is 11.6. The van der Waals surface area contributed by atoms with Crippen LogP contribution in [0.5, 0.6) is 5.06 Å². The highest BCUT2D eigenvalue weighted by Crippen LogP contribution is 2.48. The van der Waals surface area contributed by atoms with E-state index in [2.05, 4.69) is 0 Å². The maximum Gasteiger partial charge on any atom is 0.394 e. The van der Waals surface area contributed by atoms with Gasteiger partial charge < -0.3 is 9.84 Å². The third-order valence-electron chi connectivity index (χ3n) is 3.37. The molecule has 1 unspecified atom stereocenters. The molecule has 2 rings (SSSR count). The zero-order chi connectivity index (χ0) is 16.9. The van der Waals surface area contributed by atoms with E-state index in [1.54, 1.807) is 0 Å². The largest absolute Gasteiger partial charge is 0.483 e. The van der Waals surface area contributed by atoms with Crippen LogP contribution in [0.1, 0.15) is 24.2 Å². The molecular weight excluding hydrogens is 348 g/mol. The molecule has 0 aliphatic heterocycles. The first-order chi connectivity index (χ1) is 9.93. The van der Waals surface area contributed by atoms with Gasteiger partial charge in [0.2, 0.25) is 0 Å². The fourth-order valence-electron chi connectivity index (χ4n) is 2.10. The van der Waals surface area contributed by atoms with Crippen LogP contribution in [-0.2, 0) is 16.3 Å². The first-order valence-corrected chi connectivity index (χ1v) is 9.01. The number of alkyl halides is 4. The first kappa shape index (κ1) is 17.5. The third-order valence-corrected chi connectivity index (χ3v) is 6.38. The molecule has 4 nitrogen and oxygen atoms in total. The quantitative estimate of drug-likeness (QED) is 0.837. The van der Waals surface area contributed by atoms with Gasteiger partial charge in [0.25, 0.3) is 0 Å². The molecule has 1 aromatic heterocycles. The van der Waals surface area contributed by atoms with E-state index in [0.29, 0.717) is 11.3 Å². The molecular formula is C12H14F4O4S2.